The minimum absolute atomic E-state index is 0.113. The van der Waals surface area contributed by atoms with E-state index < -0.39 is 11.4 Å². The average molecular weight is 356 g/mol. The number of hydrogen-bond donors (Lipinski definition) is 1. The van der Waals surface area contributed by atoms with Crippen molar-refractivity contribution in [2.45, 2.75) is 12.8 Å². The number of nitrogens with zero attached hydrogens (tertiary/aromatic N) is 1. The number of likely N-dealkylation sites (tertiary alicyclic amines) is 1. The molecule has 1 N–H and O–H groups in total. The van der Waals surface area contributed by atoms with Gasteiger partial charge in [0.05, 0.1) is 12.2 Å². The number of carboxylic acid groups (broad SMARTS) is 1. The molecule has 6 heteroatoms. The van der Waals surface area contributed by atoms with Crippen LogP contribution in [0.2, 0.25) is 0 Å². The van der Waals surface area contributed by atoms with Gasteiger partial charge in [-0.25, -0.2) is 0 Å². The van der Waals surface area contributed by atoms with Gasteiger partial charge in [0.2, 0.25) is 0 Å². The Hall–Kier alpha value is -1.40. The van der Waals surface area contributed by atoms with Gasteiger partial charge in [0.25, 0.3) is 5.91 Å². The summed E-state index contributed by atoms with van der Waals surface area (Å²) in [6.07, 6.45) is 1.18. The Kier molecular flexibility index (Phi) is 5.00. The van der Waals surface area contributed by atoms with E-state index in [9.17, 15) is 14.7 Å². The fraction of sp³-hybridized carbons (Fsp3) is 0.467. The van der Waals surface area contributed by atoms with Crippen molar-refractivity contribution in [2.75, 3.05) is 26.8 Å². The summed E-state index contributed by atoms with van der Waals surface area (Å²) in [6.45, 7) is 0.858. The Morgan fingerprint density at radius 1 is 1.43 bits per heavy atom. The molecule has 0 spiro atoms. The van der Waals surface area contributed by atoms with Crippen LogP contribution in [0.3, 0.4) is 0 Å². The lowest BCUT2D eigenvalue weighted by Crippen LogP contribution is -2.52. The number of hydrogen-bond acceptors (Lipinski definition) is 3. The van der Waals surface area contributed by atoms with E-state index in [1.54, 1.807) is 23.1 Å². The molecule has 1 saturated heterocycles. The van der Waals surface area contributed by atoms with E-state index in [1.165, 1.54) is 7.11 Å². The molecule has 1 atom stereocenters. The smallest absolute Gasteiger partial charge is 0.313 e. The monoisotopic (exact) mass is 355 g/mol. The van der Waals surface area contributed by atoms with Crippen molar-refractivity contribution in [3.8, 4) is 0 Å². The number of amides is 1. The van der Waals surface area contributed by atoms with Gasteiger partial charge >= 0.3 is 5.97 Å². The SMILES string of the molecule is COCC1(C(=O)O)CCCN(C(=O)c2ccccc2Br)C1. The molecule has 1 aromatic rings. The van der Waals surface area contributed by atoms with Gasteiger partial charge in [-0.15, -0.1) is 0 Å². The van der Waals surface area contributed by atoms with E-state index in [2.05, 4.69) is 15.9 Å². The van der Waals surface area contributed by atoms with E-state index in [1.807, 2.05) is 6.07 Å². The first-order valence-electron chi connectivity index (χ1n) is 6.76. The van der Waals surface area contributed by atoms with E-state index in [0.29, 0.717) is 29.4 Å². The second kappa shape index (κ2) is 6.58. The fourth-order valence-electron chi connectivity index (χ4n) is 2.74. The number of rotatable bonds is 4. The molecule has 0 bridgehead atoms. The summed E-state index contributed by atoms with van der Waals surface area (Å²) in [5, 5.41) is 9.52. The molecule has 0 aromatic heterocycles. The first kappa shape index (κ1) is 16.0. The van der Waals surface area contributed by atoms with Crippen LogP contribution in [-0.4, -0.2) is 48.7 Å². The summed E-state index contributed by atoms with van der Waals surface area (Å²) in [6, 6.07) is 7.17. The van der Waals surface area contributed by atoms with E-state index in [-0.39, 0.29) is 19.1 Å². The molecule has 5 nitrogen and oxygen atoms in total. The molecule has 0 saturated carbocycles. The van der Waals surface area contributed by atoms with Gasteiger partial charge in [-0.05, 0) is 40.9 Å². The summed E-state index contributed by atoms with van der Waals surface area (Å²) in [5.41, 5.74) is -0.458. The highest BCUT2D eigenvalue weighted by atomic mass is 79.9. The Morgan fingerprint density at radius 2 is 2.14 bits per heavy atom. The number of ether oxygens (including phenoxy) is 1. The Balaban J connectivity index is 2.23. The zero-order chi connectivity index (χ0) is 15.5. The van der Waals surface area contributed by atoms with Crippen LogP contribution in [0.25, 0.3) is 0 Å². The van der Waals surface area contributed by atoms with Crippen molar-refractivity contribution < 1.29 is 19.4 Å². The maximum absolute atomic E-state index is 12.6. The molecular formula is C15H18BrNO4. The largest absolute Gasteiger partial charge is 0.481 e. The number of benzene rings is 1. The predicted molar refractivity (Wildman–Crippen MR) is 81.2 cm³/mol. The minimum Gasteiger partial charge on any atom is -0.481 e. The Bertz CT molecular complexity index is 544. The van der Waals surface area contributed by atoms with Crippen LogP contribution in [0, 0.1) is 5.41 Å². The molecule has 0 radical (unpaired) electrons. The lowest BCUT2D eigenvalue weighted by atomic mass is 9.80. The van der Waals surface area contributed by atoms with Gasteiger partial charge in [0, 0.05) is 24.7 Å². The molecule has 1 aromatic carbocycles. The Morgan fingerprint density at radius 3 is 2.76 bits per heavy atom. The second-order valence-corrected chi connectivity index (χ2v) is 6.18. The summed E-state index contributed by atoms with van der Waals surface area (Å²) in [4.78, 5) is 25.8. The number of carbonyl (C=O) groups excluding carboxylic acids is 1. The van der Waals surface area contributed by atoms with Gasteiger partial charge in [-0.1, -0.05) is 12.1 Å². The van der Waals surface area contributed by atoms with Gasteiger partial charge in [0.15, 0.2) is 0 Å². The van der Waals surface area contributed by atoms with Crippen LogP contribution >= 0.6 is 15.9 Å². The number of methoxy groups -OCH3 is 1. The molecule has 1 aliphatic rings. The summed E-state index contributed by atoms with van der Waals surface area (Å²) >= 11 is 3.36. The molecular weight excluding hydrogens is 338 g/mol. The summed E-state index contributed by atoms with van der Waals surface area (Å²) in [7, 11) is 1.49. The maximum Gasteiger partial charge on any atom is 0.313 e. The maximum atomic E-state index is 12.6. The molecule has 1 aliphatic heterocycles. The number of halogens is 1. The van der Waals surface area contributed by atoms with Crippen molar-refractivity contribution in [1.82, 2.24) is 4.90 Å². The van der Waals surface area contributed by atoms with Crippen LogP contribution in [0.1, 0.15) is 23.2 Å². The first-order valence-corrected chi connectivity index (χ1v) is 7.55. The molecule has 1 fully saturated rings. The number of carbonyl (C=O) groups is 2. The van der Waals surface area contributed by atoms with E-state index in [4.69, 9.17) is 4.74 Å². The lowest BCUT2D eigenvalue weighted by molar-refractivity contribution is -0.155. The average Bonchev–Trinajstić information content (AvgIpc) is 2.47. The predicted octanol–water partition coefficient (Wildman–Crippen LogP) is 2.40. The highest BCUT2D eigenvalue weighted by molar-refractivity contribution is 9.10. The standard InChI is InChI=1S/C15H18BrNO4/c1-21-10-15(14(19)20)7-4-8-17(9-15)13(18)11-5-2-3-6-12(11)16/h2-3,5-6H,4,7-10H2,1H3,(H,19,20). The van der Waals surface area contributed by atoms with Crippen molar-refractivity contribution >= 4 is 27.8 Å². The van der Waals surface area contributed by atoms with Crippen LogP contribution in [-0.2, 0) is 9.53 Å². The Labute approximate surface area is 132 Å². The first-order chi connectivity index (χ1) is 10.00. The highest BCUT2D eigenvalue weighted by Gasteiger charge is 2.44. The van der Waals surface area contributed by atoms with Gasteiger partial charge < -0.3 is 14.7 Å². The topological polar surface area (TPSA) is 66.8 Å². The molecule has 1 amide bonds. The van der Waals surface area contributed by atoms with Gasteiger partial charge in [-0.2, -0.15) is 0 Å². The zero-order valence-electron chi connectivity index (χ0n) is 11.8. The van der Waals surface area contributed by atoms with Gasteiger partial charge in [-0.3, -0.25) is 9.59 Å². The number of carboxylic acids is 1. The van der Waals surface area contributed by atoms with Crippen LogP contribution < -0.4 is 0 Å². The van der Waals surface area contributed by atoms with E-state index in [0.717, 1.165) is 0 Å². The molecule has 1 unspecified atom stereocenters. The third-order valence-corrected chi connectivity index (χ3v) is 4.53. The van der Waals surface area contributed by atoms with Crippen LogP contribution in [0.4, 0.5) is 0 Å². The number of piperidine rings is 1. The molecule has 114 valence electrons. The van der Waals surface area contributed by atoms with Gasteiger partial charge in [0.1, 0.15) is 5.41 Å². The van der Waals surface area contributed by atoms with Crippen LogP contribution in [0.5, 0.6) is 0 Å². The van der Waals surface area contributed by atoms with Crippen molar-refractivity contribution in [3.63, 3.8) is 0 Å². The normalized spacial score (nSPS) is 22.1. The third kappa shape index (κ3) is 3.27. The zero-order valence-corrected chi connectivity index (χ0v) is 13.4. The van der Waals surface area contributed by atoms with E-state index >= 15 is 0 Å². The molecule has 21 heavy (non-hydrogen) atoms. The lowest BCUT2D eigenvalue weighted by Gasteiger charge is -2.39. The summed E-state index contributed by atoms with van der Waals surface area (Å²) < 4.78 is 5.79. The minimum atomic E-state index is -1.01. The third-order valence-electron chi connectivity index (χ3n) is 3.84. The highest BCUT2D eigenvalue weighted by Crippen LogP contribution is 2.32. The second-order valence-electron chi connectivity index (χ2n) is 5.33. The summed E-state index contributed by atoms with van der Waals surface area (Å²) in [5.74, 6) is -1.06. The quantitative estimate of drug-likeness (QED) is 0.900. The number of aliphatic carboxylic acids is 1. The molecule has 0 aliphatic carbocycles. The molecule has 1 heterocycles. The van der Waals surface area contributed by atoms with Crippen LogP contribution in [0.15, 0.2) is 28.7 Å². The van der Waals surface area contributed by atoms with Crippen molar-refractivity contribution in [1.29, 1.82) is 0 Å². The van der Waals surface area contributed by atoms with Crippen molar-refractivity contribution in [2.24, 2.45) is 5.41 Å². The fourth-order valence-corrected chi connectivity index (χ4v) is 3.19. The molecule has 2 rings (SSSR count). The van der Waals surface area contributed by atoms with Crippen molar-refractivity contribution in [3.05, 3.63) is 34.3 Å².